The van der Waals surface area contributed by atoms with E-state index in [1.165, 1.54) is 11.0 Å². The number of carbonyl (C=O) groups is 1. The highest BCUT2D eigenvalue weighted by molar-refractivity contribution is 6.01. The Morgan fingerprint density at radius 1 is 1.04 bits per heavy atom. The maximum absolute atomic E-state index is 14.1. The predicted molar refractivity (Wildman–Crippen MR) is 103 cm³/mol. The van der Waals surface area contributed by atoms with E-state index in [4.69, 9.17) is 4.74 Å². The van der Waals surface area contributed by atoms with Gasteiger partial charge in [-0.2, -0.15) is 0 Å². The van der Waals surface area contributed by atoms with Gasteiger partial charge in [0.15, 0.2) is 0 Å². The number of anilines is 2. The number of nitrogens with one attached hydrogen (secondary N) is 1. The summed E-state index contributed by atoms with van der Waals surface area (Å²) in [6.45, 7) is 4.69. The van der Waals surface area contributed by atoms with Gasteiger partial charge in [0, 0.05) is 31.9 Å². The number of halogens is 1. The van der Waals surface area contributed by atoms with E-state index in [1.807, 2.05) is 18.2 Å². The van der Waals surface area contributed by atoms with Gasteiger partial charge < -0.3 is 15.0 Å². The third-order valence-electron chi connectivity index (χ3n) is 5.19. The Kier molecular flexibility index (Phi) is 5.36. The van der Waals surface area contributed by atoms with Crippen LogP contribution in [0.3, 0.4) is 0 Å². The molecular formula is C21H24FN3O2. The minimum absolute atomic E-state index is 0.0822. The van der Waals surface area contributed by atoms with Gasteiger partial charge in [0.2, 0.25) is 5.91 Å². The number of carbonyl (C=O) groups excluding carboxylic acids is 1. The zero-order valence-corrected chi connectivity index (χ0v) is 15.2. The fourth-order valence-electron chi connectivity index (χ4n) is 3.71. The van der Waals surface area contributed by atoms with Crippen molar-refractivity contribution in [1.29, 1.82) is 0 Å². The van der Waals surface area contributed by atoms with Gasteiger partial charge in [0.1, 0.15) is 11.9 Å². The normalized spacial score (nSPS) is 20.9. The van der Waals surface area contributed by atoms with Gasteiger partial charge in [-0.3, -0.25) is 9.69 Å². The number of benzene rings is 2. The summed E-state index contributed by atoms with van der Waals surface area (Å²) >= 11 is 0. The zero-order valence-electron chi connectivity index (χ0n) is 15.2. The molecule has 4 rings (SSSR count). The molecule has 1 amide bonds. The molecule has 1 atom stereocenters. The van der Waals surface area contributed by atoms with E-state index < -0.39 is 0 Å². The lowest BCUT2D eigenvalue weighted by Crippen LogP contribution is -2.36. The number of ether oxygens (including phenoxy) is 1. The van der Waals surface area contributed by atoms with Crippen LogP contribution >= 0.6 is 0 Å². The van der Waals surface area contributed by atoms with Gasteiger partial charge >= 0.3 is 0 Å². The molecule has 5 nitrogen and oxygen atoms in total. The third-order valence-corrected chi connectivity index (χ3v) is 5.19. The molecule has 2 aliphatic rings. The van der Waals surface area contributed by atoms with Gasteiger partial charge in [0.25, 0.3) is 0 Å². The van der Waals surface area contributed by atoms with E-state index in [0.29, 0.717) is 18.7 Å². The molecule has 0 saturated carbocycles. The van der Waals surface area contributed by atoms with Crippen LogP contribution in [-0.2, 0) is 16.1 Å². The molecule has 2 fully saturated rings. The van der Waals surface area contributed by atoms with E-state index in [2.05, 4.69) is 16.3 Å². The molecule has 0 aliphatic carbocycles. The Balaban J connectivity index is 1.47. The van der Waals surface area contributed by atoms with Crippen molar-refractivity contribution < 1.29 is 13.9 Å². The molecule has 0 radical (unpaired) electrons. The van der Waals surface area contributed by atoms with E-state index in [9.17, 15) is 9.18 Å². The molecule has 6 heteroatoms. The minimum Gasteiger partial charge on any atom is -0.379 e. The van der Waals surface area contributed by atoms with Gasteiger partial charge in [-0.1, -0.05) is 30.3 Å². The van der Waals surface area contributed by atoms with Crippen LogP contribution < -0.4 is 10.2 Å². The summed E-state index contributed by atoms with van der Waals surface area (Å²) in [5.74, 6) is -0.444. The standard InChI is InChI=1S/C21H24FN3O2/c22-17-6-2-4-8-20(17)25-10-9-19(21(25)26)23-18-7-3-1-5-16(18)15-24-11-13-27-14-12-24/h1-8,19,23H,9-15H2/t19-/m1/s1. The lowest BCUT2D eigenvalue weighted by molar-refractivity contribution is -0.117. The van der Waals surface area contributed by atoms with Crippen LogP contribution in [0, 0.1) is 5.82 Å². The largest absolute Gasteiger partial charge is 0.379 e. The number of hydrogen-bond acceptors (Lipinski definition) is 4. The van der Waals surface area contributed by atoms with Crippen molar-refractivity contribution in [3.8, 4) is 0 Å². The molecule has 2 aromatic carbocycles. The van der Waals surface area contributed by atoms with E-state index in [1.54, 1.807) is 18.2 Å². The van der Waals surface area contributed by atoms with E-state index >= 15 is 0 Å². The van der Waals surface area contributed by atoms with Gasteiger partial charge in [-0.25, -0.2) is 4.39 Å². The molecular weight excluding hydrogens is 345 g/mol. The fourth-order valence-corrected chi connectivity index (χ4v) is 3.71. The number of hydrogen-bond donors (Lipinski definition) is 1. The monoisotopic (exact) mass is 369 g/mol. The second kappa shape index (κ2) is 8.06. The predicted octanol–water partition coefficient (Wildman–Crippen LogP) is 2.88. The van der Waals surface area contributed by atoms with Crippen LogP contribution in [0.15, 0.2) is 48.5 Å². The number of para-hydroxylation sites is 2. The smallest absolute Gasteiger partial charge is 0.249 e. The molecule has 2 heterocycles. The first kappa shape index (κ1) is 17.9. The molecule has 2 aliphatic heterocycles. The highest BCUT2D eigenvalue weighted by atomic mass is 19.1. The first-order valence-electron chi connectivity index (χ1n) is 9.43. The van der Waals surface area contributed by atoms with Crippen molar-refractivity contribution >= 4 is 17.3 Å². The average molecular weight is 369 g/mol. The Labute approximate surface area is 158 Å². The number of amides is 1. The molecule has 2 aromatic rings. The van der Waals surface area contributed by atoms with Crippen molar-refractivity contribution in [1.82, 2.24) is 4.90 Å². The zero-order chi connectivity index (χ0) is 18.6. The maximum atomic E-state index is 14.1. The van der Waals surface area contributed by atoms with Crippen LogP contribution in [0.25, 0.3) is 0 Å². The van der Waals surface area contributed by atoms with Crippen LogP contribution in [0.5, 0.6) is 0 Å². The first-order chi connectivity index (χ1) is 13.2. The molecule has 0 spiro atoms. The Bertz CT molecular complexity index is 808. The Hall–Kier alpha value is -2.44. The SMILES string of the molecule is O=C1[C@H](Nc2ccccc2CN2CCOCC2)CCN1c1ccccc1F. The molecule has 0 unspecified atom stereocenters. The third kappa shape index (κ3) is 3.96. The summed E-state index contributed by atoms with van der Waals surface area (Å²) in [7, 11) is 0. The molecule has 0 aromatic heterocycles. The molecule has 2 saturated heterocycles. The summed E-state index contributed by atoms with van der Waals surface area (Å²) in [5.41, 5.74) is 2.49. The summed E-state index contributed by atoms with van der Waals surface area (Å²) in [6.07, 6.45) is 0.652. The van der Waals surface area contributed by atoms with Crippen LogP contribution in [-0.4, -0.2) is 49.7 Å². The van der Waals surface area contributed by atoms with Gasteiger partial charge in [0.05, 0.1) is 18.9 Å². The topological polar surface area (TPSA) is 44.8 Å². The Morgan fingerprint density at radius 2 is 1.78 bits per heavy atom. The summed E-state index contributed by atoms with van der Waals surface area (Å²) in [6, 6.07) is 14.2. The number of morpholine rings is 1. The van der Waals surface area contributed by atoms with E-state index in [0.717, 1.165) is 44.1 Å². The highest BCUT2D eigenvalue weighted by Crippen LogP contribution is 2.27. The van der Waals surface area contributed by atoms with Crippen molar-refractivity contribution in [2.24, 2.45) is 0 Å². The van der Waals surface area contributed by atoms with Crippen molar-refractivity contribution in [2.75, 3.05) is 43.1 Å². The highest BCUT2D eigenvalue weighted by Gasteiger charge is 2.34. The number of nitrogens with zero attached hydrogens (tertiary/aromatic N) is 2. The van der Waals surface area contributed by atoms with Crippen molar-refractivity contribution in [3.63, 3.8) is 0 Å². The van der Waals surface area contributed by atoms with Crippen molar-refractivity contribution in [3.05, 3.63) is 59.9 Å². The summed E-state index contributed by atoms with van der Waals surface area (Å²) in [4.78, 5) is 16.7. The lowest BCUT2D eigenvalue weighted by Gasteiger charge is -2.28. The van der Waals surface area contributed by atoms with Gasteiger partial charge in [-0.05, 0) is 30.2 Å². The fraction of sp³-hybridized carbons (Fsp3) is 0.381. The molecule has 1 N–H and O–H groups in total. The second-order valence-corrected chi connectivity index (χ2v) is 6.97. The lowest BCUT2D eigenvalue weighted by atomic mass is 10.1. The van der Waals surface area contributed by atoms with Crippen LogP contribution in [0.2, 0.25) is 0 Å². The second-order valence-electron chi connectivity index (χ2n) is 6.97. The molecule has 142 valence electrons. The Morgan fingerprint density at radius 3 is 2.59 bits per heavy atom. The quantitative estimate of drug-likeness (QED) is 0.880. The van der Waals surface area contributed by atoms with Crippen molar-refractivity contribution in [2.45, 2.75) is 19.0 Å². The average Bonchev–Trinajstić information content (AvgIpc) is 3.05. The van der Waals surface area contributed by atoms with Crippen LogP contribution in [0.4, 0.5) is 15.8 Å². The van der Waals surface area contributed by atoms with E-state index in [-0.39, 0.29) is 17.8 Å². The minimum atomic E-state index is -0.362. The summed E-state index contributed by atoms with van der Waals surface area (Å²) in [5, 5.41) is 3.40. The summed E-state index contributed by atoms with van der Waals surface area (Å²) < 4.78 is 19.5. The molecule has 0 bridgehead atoms. The number of rotatable bonds is 5. The van der Waals surface area contributed by atoms with Crippen LogP contribution in [0.1, 0.15) is 12.0 Å². The first-order valence-corrected chi connectivity index (χ1v) is 9.43. The molecule has 27 heavy (non-hydrogen) atoms. The maximum Gasteiger partial charge on any atom is 0.249 e. The van der Waals surface area contributed by atoms with Gasteiger partial charge in [-0.15, -0.1) is 0 Å².